The van der Waals surface area contributed by atoms with E-state index in [1.54, 1.807) is 6.07 Å². The highest BCUT2D eigenvalue weighted by molar-refractivity contribution is 7.18. The number of aryl methyl sites for hydroxylation is 1. The number of nitrogens with zero attached hydrogens (tertiary/aromatic N) is 2. The van der Waals surface area contributed by atoms with Crippen molar-refractivity contribution >= 4 is 27.5 Å². The van der Waals surface area contributed by atoms with Crippen LogP contribution in [0.5, 0.6) is 0 Å². The molecule has 0 bridgehead atoms. The van der Waals surface area contributed by atoms with Gasteiger partial charge in [0.1, 0.15) is 17.3 Å². The van der Waals surface area contributed by atoms with Crippen LogP contribution >= 0.6 is 11.3 Å². The van der Waals surface area contributed by atoms with Crippen LogP contribution in [0.15, 0.2) is 59.1 Å². The molecule has 0 N–H and O–H groups in total. The summed E-state index contributed by atoms with van der Waals surface area (Å²) in [5.41, 5.74) is 3.55. The van der Waals surface area contributed by atoms with Crippen LogP contribution < -0.4 is 0 Å². The number of benzene rings is 2. The Hall–Kier alpha value is -2.99. The molecule has 0 atom stereocenters. The molecule has 6 heteroatoms. The smallest absolute Gasteiger partial charge is 0.377 e. The number of hydrogen-bond donors (Lipinski definition) is 0. The normalized spacial score (nSPS) is 10.9. The molecule has 4 aromatic rings. The predicted octanol–water partition coefficient (Wildman–Crippen LogP) is 4.62. The fourth-order valence-corrected chi connectivity index (χ4v) is 3.29. The number of thiazole rings is 1. The molecule has 0 saturated carbocycles. The van der Waals surface area contributed by atoms with Crippen molar-refractivity contribution in [3.8, 4) is 11.3 Å². The minimum atomic E-state index is -0.551. The Balaban J connectivity index is 1.45. The first-order valence-electron chi connectivity index (χ1n) is 7.74. The third-order valence-electron chi connectivity index (χ3n) is 3.72. The second kappa shape index (κ2) is 6.49. The number of hydrogen-bond acceptors (Lipinski definition) is 6. The third kappa shape index (κ3) is 3.29. The second-order valence-corrected chi connectivity index (χ2v) is 6.71. The highest BCUT2D eigenvalue weighted by atomic mass is 32.1. The van der Waals surface area contributed by atoms with Crippen LogP contribution in [0.1, 0.15) is 21.1 Å². The molecule has 2 heterocycles. The molecule has 0 amide bonds. The number of para-hydroxylation sites is 1. The van der Waals surface area contributed by atoms with Crippen molar-refractivity contribution in [2.75, 3.05) is 0 Å². The van der Waals surface area contributed by atoms with Gasteiger partial charge in [0.05, 0.1) is 10.2 Å². The standard InChI is InChI=1S/C19H14N2O3S/c1-12-6-8-13(9-7-12)15-10-16(24-21-15)19(22)23-11-18-20-14-4-2-3-5-17(14)25-18/h2-10H,11H2,1H3. The van der Waals surface area contributed by atoms with Gasteiger partial charge in [-0.15, -0.1) is 11.3 Å². The first kappa shape index (κ1) is 15.5. The van der Waals surface area contributed by atoms with Gasteiger partial charge in [-0.1, -0.05) is 47.1 Å². The van der Waals surface area contributed by atoms with E-state index < -0.39 is 5.97 Å². The van der Waals surface area contributed by atoms with Crippen LogP contribution in [0.25, 0.3) is 21.5 Å². The fourth-order valence-electron chi connectivity index (χ4n) is 2.41. The van der Waals surface area contributed by atoms with Crippen LogP contribution in [0, 0.1) is 6.92 Å². The van der Waals surface area contributed by atoms with Gasteiger partial charge in [-0.2, -0.15) is 0 Å². The summed E-state index contributed by atoms with van der Waals surface area (Å²) >= 11 is 1.50. The maximum Gasteiger partial charge on any atom is 0.377 e. The summed E-state index contributed by atoms with van der Waals surface area (Å²) in [5, 5.41) is 4.68. The zero-order chi connectivity index (χ0) is 17.2. The van der Waals surface area contributed by atoms with E-state index in [2.05, 4.69) is 10.1 Å². The molecular formula is C19H14N2O3S. The van der Waals surface area contributed by atoms with Crippen molar-refractivity contribution in [3.63, 3.8) is 0 Å². The summed E-state index contributed by atoms with van der Waals surface area (Å²) in [5.74, 6) is -0.471. The summed E-state index contributed by atoms with van der Waals surface area (Å²) in [7, 11) is 0. The van der Waals surface area contributed by atoms with E-state index in [1.807, 2.05) is 55.5 Å². The largest absolute Gasteiger partial charge is 0.452 e. The SMILES string of the molecule is Cc1ccc(-c2cc(C(=O)OCc3nc4ccccc4s3)on2)cc1. The third-order valence-corrected chi connectivity index (χ3v) is 4.73. The number of fused-ring (bicyclic) bond motifs is 1. The molecule has 2 aromatic heterocycles. The van der Waals surface area contributed by atoms with E-state index in [0.717, 1.165) is 26.4 Å². The number of ether oxygens (including phenoxy) is 1. The van der Waals surface area contributed by atoms with Crippen LogP contribution in [-0.2, 0) is 11.3 Å². The molecule has 0 unspecified atom stereocenters. The van der Waals surface area contributed by atoms with Crippen LogP contribution in [0.4, 0.5) is 0 Å². The first-order valence-corrected chi connectivity index (χ1v) is 8.56. The molecule has 25 heavy (non-hydrogen) atoms. The zero-order valence-corrected chi connectivity index (χ0v) is 14.2. The summed E-state index contributed by atoms with van der Waals surface area (Å²) < 4.78 is 11.5. The van der Waals surface area contributed by atoms with Gasteiger partial charge in [0, 0.05) is 11.6 Å². The van der Waals surface area contributed by atoms with Crippen molar-refractivity contribution in [2.45, 2.75) is 13.5 Å². The molecule has 0 saturated heterocycles. The Labute approximate surface area is 147 Å². The Bertz CT molecular complexity index is 1000. The second-order valence-electron chi connectivity index (χ2n) is 5.59. The summed E-state index contributed by atoms with van der Waals surface area (Å²) in [6.07, 6.45) is 0. The Kier molecular flexibility index (Phi) is 4.03. The molecule has 0 aliphatic heterocycles. The van der Waals surface area contributed by atoms with Gasteiger partial charge in [0.15, 0.2) is 0 Å². The van der Waals surface area contributed by atoms with Crippen molar-refractivity contribution in [2.24, 2.45) is 0 Å². The van der Waals surface area contributed by atoms with Gasteiger partial charge in [0.2, 0.25) is 5.76 Å². The molecule has 124 valence electrons. The number of carbonyl (C=O) groups excluding carboxylic acids is 1. The van der Waals surface area contributed by atoms with Crippen LogP contribution in [0.2, 0.25) is 0 Å². The van der Waals surface area contributed by atoms with Crippen molar-refractivity contribution < 1.29 is 14.1 Å². The fraction of sp³-hybridized carbons (Fsp3) is 0.105. The topological polar surface area (TPSA) is 65.2 Å². The molecule has 2 aromatic carbocycles. The zero-order valence-electron chi connectivity index (χ0n) is 13.4. The maximum absolute atomic E-state index is 12.2. The summed E-state index contributed by atoms with van der Waals surface area (Å²) in [6, 6.07) is 17.2. The minimum Gasteiger partial charge on any atom is -0.452 e. The Morgan fingerprint density at radius 1 is 1.16 bits per heavy atom. The lowest BCUT2D eigenvalue weighted by molar-refractivity contribution is 0.0426. The molecule has 5 nitrogen and oxygen atoms in total. The van der Waals surface area contributed by atoms with Gasteiger partial charge >= 0.3 is 5.97 Å². The molecule has 4 rings (SSSR count). The highest BCUT2D eigenvalue weighted by Crippen LogP contribution is 2.23. The molecule has 0 aliphatic rings. The number of aromatic nitrogens is 2. The number of carbonyl (C=O) groups is 1. The lowest BCUT2D eigenvalue weighted by Gasteiger charge is -1.98. The van der Waals surface area contributed by atoms with E-state index in [1.165, 1.54) is 11.3 Å². The summed E-state index contributed by atoms with van der Waals surface area (Å²) in [6.45, 7) is 2.12. The van der Waals surface area contributed by atoms with E-state index in [0.29, 0.717) is 5.69 Å². The number of rotatable bonds is 4. The van der Waals surface area contributed by atoms with Gasteiger partial charge in [-0.3, -0.25) is 0 Å². The van der Waals surface area contributed by atoms with Crippen LogP contribution in [-0.4, -0.2) is 16.1 Å². The van der Waals surface area contributed by atoms with Crippen molar-refractivity contribution in [1.82, 2.24) is 10.1 Å². The van der Waals surface area contributed by atoms with Crippen molar-refractivity contribution in [1.29, 1.82) is 0 Å². The van der Waals surface area contributed by atoms with Gasteiger partial charge in [-0.25, -0.2) is 9.78 Å². The van der Waals surface area contributed by atoms with E-state index in [-0.39, 0.29) is 12.4 Å². The number of esters is 1. The van der Waals surface area contributed by atoms with Gasteiger partial charge in [-0.05, 0) is 19.1 Å². The van der Waals surface area contributed by atoms with E-state index in [4.69, 9.17) is 9.26 Å². The monoisotopic (exact) mass is 350 g/mol. The molecular weight excluding hydrogens is 336 g/mol. The minimum absolute atomic E-state index is 0.0803. The van der Waals surface area contributed by atoms with Crippen molar-refractivity contribution in [3.05, 3.63) is 70.9 Å². The Morgan fingerprint density at radius 2 is 1.96 bits per heavy atom. The molecule has 0 radical (unpaired) electrons. The first-order chi connectivity index (χ1) is 12.2. The summed E-state index contributed by atoms with van der Waals surface area (Å²) in [4.78, 5) is 16.6. The van der Waals surface area contributed by atoms with Gasteiger partial charge < -0.3 is 9.26 Å². The quantitative estimate of drug-likeness (QED) is 0.503. The lowest BCUT2D eigenvalue weighted by atomic mass is 10.1. The average Bonchev–Trinajstić information content (AvgIpc) is 3.27. The predicted molar refractivity (Wildman–Crippen MR) is 95.4 cm³/mol. The van der Waals surface area contributed by atoms with Crippen LogP contribution in [0.3, 0.4) is 0 Å². The molecule has 0 fully saturated rings. The van der Waals surface area contributed by atoms with E-state index >= 15 is 0 Å². The lowest BCUT2D eigenvalue weighted by Crippen LogP contribution is -2.03. The average molecular weight is 350 g/mol. The molecule has 0 spiro atoms. The maximum atomic E-state index is 12.2. The van der Waals surface area contributed by atoms with Gasteiger partial charge in [0.25, 0.3) is 0 Å². The molecule has 0 aliphatic carbocycles. The Morgan fingerprint density at radius 3 is 2.76 bits per heavy atom. The van der Waals surface area contributed by atoms with E-state index in [9.17, 15) is 4.79 Å². The highest BCUT2D eigenvalue weighted by Gasteiger charge is 2.16.